The van der Waals surface area contributed by atoms with E-state index in [1.54, 1.807) is 6.92 Å². The minimum atomic E-state index is -1.33. The van der Waals surface area contributed by atoms with Gasteiger partial charge in [0.1, 0.15) is 11.5 Å². The van der Waals surface area contributed by atoms with Crippen LogP contribution in [0.4, 0.5) is 0 Å². The summed E-state index contributed by atoms with van der Waals surface area (Å²) in [5.41, 5.74) is 2.61. The van der Waals surface area contributed by atoms with Gasteiger partial charge in [0, 0.05) is 36.1 Å². The lowest BCUT2D eigenvalue weighted by Gasteiger charge is -2.05. The Morgan fingerprint density at radius 3 is 2.81 bits per heavy atom. The summed E-state index contributed by atoms with van der Waals surface area (Å²) in [6, 6.07) is 7.81. The first-order valence-corrected chi connectivity index (χ1v) is 10.2. The van der Waals surface area contributed by atoms with Crippen molar-refractivity contribution in [3.05, 3.63) is 41.3 Å². The van der Waals surface area contributed by atoms with Crippen LogP contribution in [0.3, 0.4) is 0 Å². The van der Waals surface area contributed by atoms with Gasteiger partial charge in [-0.25, -0.2) is 4.98 Å². The van der Waals surface area contributed by atoms with Crippen molar-refractivity contribution in [2.75, 3.05) is 25.5 Å². The molecule has 142 valence electrons. The lowest BCUT2D eigenvalue weighted by Crippen LogP contribution is -2.30. The number of aryl methyl sites for hydroxylation is 2. The van der Waals surface area contributed by atoms with Crippen LogP contribution in [0.1, 0.15) is 30.4 Å². The molecule has 2 rings (SSSR count). The van der Waals surface area contributed by atoms with Crippen LogP contribution >= 0.6 is 0 Å². The Bertz CT molecular complexity index is 758. The van der Waals surface area contributed by atoms with Gasteiger partial charge < -0.3 is 14.5 Å². The molecule has 2 aromatic rings. The Morgan fingerprint density at radius 2 is 2.08 bits per heavy atom. The molecule has 1 heterocycles. The number of oxazole rings is 1. The molecule has 26 heavy (non-hydrogen) atoms. The van der Waals surface area contributed by atoms with Crippen molar-refractivity contribution >= 4 is 16.7 Å². The summed E-state index contributed by atoms with van der Waals surface area (Å²) in [5.74, 6) is 1.09. The summed E-state index contributed by atoms with van der Waals surface area (Å²) in [7, 11) is -1.33. The second kappa shape index (κ2) is 10.2. The fourth-order valence-corrected chi connectivity index (χ4v) is 3.51. The highest BCUT2D eigenvalue weighted by atomic mass is 32.2. The first-order chi connectivity index (χ1) is 12.5. The van der Waals surface area contributed by atoms with E-state index in [2.05, 4.69) is 10.3 Å². The summed E-state index contributed by atoms with van der Waals surface area (Å²) >= 11 is 0. The molecule has 0 saturated carbocycles. The van der Waals surface area contributed by atoms with E-state index in [4.69, 9.17) is 9.15 Å². The highest BCUT2D eigenvalue weighted by Crippen LogP contribution is 2.25. The number of carbonyl (C=O) groups excluding carboxylic acids is 1. The minimum absolute atomic E-state index is 0.0410. The Hall–Kier alpha value is -1.99. The van der Waals surface area contributed by atoms with E-state index in [1.807, 2.05) is 38.1 Å². The molecule has 6 nitrogen and oxygen atoms in total. The van der Waals surface area contributed by atoms with E-state index in [1.165, 1.54) is 0 Å². The Balaban J connectivity index is 1.87. The Labute approximate surface area is 156 Å². The highest BCUT2D eigenvalue weighted by molar-refractivity contribution is 7.84. The number of ether oxygens (including phenoxy) is 1. The van der Waals surface area contributed by atoms with E-state index in [-0.39, 0.29) is 17.4 Å². The first kappa shape index (κ1) is 20.3. The summed E-state index contributed by atoms with van der Waals surface area (Å²) in [4.78, 5) is 16.3. The molecule has 1 aromatic carbocycles. The average molecular weight is 378 g/mol. The van der Waals surface area contributed by atoms with Gasteiger partial charge in [-0.2, -0.15) is 0 Å². The van der Waals surface area contributed by atoms with Crippen molar-refractivity contribution in [2.45, 2.75) is 32.9 Å². The molecule has 0 spiro atoms. The van der Waals surface area contributed by atoms with Crippen LogP contribution in [0.25, 0.3) is 11.5 Å². The van der Waals surface area contributed by atoms with Gasteiger partial charge in [0.2, 0.25) is 11.8 Å². The van der Waals surface area contributed by atoms with Crippen molar-refractivity contribution in [1.29, 1.82) is 0 Å². The van der Waals surface area contributed by atoms with Gasteiger partial charge in [-0.05, 0) is 38.8 Å². The van der Waals surface area contributed by atoms with Crippen molar-refractivity contribution in [3.8, 4) is 11.5 Å². The van der Waals surface area contributed by atoms with Gasteiger partial charge in [0.05, 0.1) is 11.4 Å². The van der Waals surface area contributed by atoms with Gasteiger partial charge in [-0.3, -0.25) is 9.00 Å². The molecule has 0 aliphatic carbocycles. The average Bonchev–Trinajstić information content (AvgIpc) is 2.95. The molecule has 0 saturated heterocycles. The molecule has 7 heteroatoms. The van der Waals surface area contributed by atoms with Crippen molar-refractivity contribution < 1.29 is 18.2 Å². The van der Waals surface area contributed by atoms with Crippen molar-refractivity contribution in [3.63, 3.8) is 0 Å². The summed E-state index contributed by atoms with van der Waals surface area (Å²) in [6.07, 6.45) is 0.744. The fourth-order valence-electron chi connectivity index (χ4n) is 2.44. The lowest BCUT2D eigenvalue weighted by atomic mass is 10.1. The summed E-state index contributed by atoms with van der Waals surface area (Å²) in [6.45, 7) is 7.52. The maximum atomic E-state index is 12.3. The number of amides is 1. The normalized spacial score (nSPS) is 12.1. The number of benzene rings is 1. The largest absolute Gasteiger partial charge is 0.441 e. The monoisotopic (exact) mass is 378 g/mol. The number of nitrogens with zero attached hydrogens (tertiary/aromatic N) is 1. The number of hydrogen-bond acceptors (Lipinski definition) is 5. The van der Waals surface area contributed by atoms with Gasteiger partial charge in [0.25, 0.3) is 0 Å². The van der Waals surface area contributed by atoms with Crippen molar-refractivity contribution in [2.24, 2.45) is 0 Å². The smallest absolute Gasteiger partial charge is 0.232 e. The third-order valence-corrected chi connectivity index (χ3v) is 5.03. The maximum Gasteiger partial charge on any atom is 0.232 e. The minimum Gasteiger partial charge on any atom is -0.441 e. The van der Waals surface area contributed by atoms with Gasteiger partial charge in [-0.15, -0.1) is 0 Å². The van der Waals surface area contributed by atoms with Crippen molar-refractivity contribution in [1.82, 2.24) is 10.3 Å². The molecule has 1 atom stereocenters. The van der Waals surface area contributed by atoms with Crippen LogP contribution in [0.5, 0.6) is 0 Å². The first-order valence-electron chi connectivity index (χ1n) is 8.73. The van der Waals surface area contributed by atoms with E-state index in [0.717, 1.165) is 17.5 Å². The number of nitrogens with one attached hydrogen (secondary N) is 1. The van der Waals surface area contributed by atoms with E-state index in [0.29, 0.717) is 37.1 Å². The van der Waals surface area contributed by atoms with Gasteiger partial charge in [-0.1, -0.05) is 18.2 Å². The quantitative estimate of drug-likeness (QED) is 0.643. The highest BCUT2D eigenvalue weighted by Gasteiger charge is 2.16. The summed E-state index contributed by atoms with van der Waals surface area (Å²) < 4.78 is 23.2. The number of rotatable bonds is 10. The van der Waals surface area contributed by atoms with Crippen LogP contribution < -0.4 is 5.32 Å². The second-order valence-corrected chi connectivity index (χ2v) is 7.42. The number of carbonyl (C=O) groups is 1. The zero-order valence-corrected chi connectivity index (χ0v) is 16.4. The zero-order valence-electron chi connectivity index (χ0n) is 15.5. The third kappa shape index (κ3) is 6.07. The molecule has 0 unspecified atom stereocenters. The molecule has 1 N–H and O–H groups in total. The van der Waals surface area contributed by atoms with Gasteiger partial charge >= 0.3 is 0 Å². The van der Waals surface area contributed by atoms with Crippen LogP contribution in [0.2, 0.25) is 0 Å². The topological polar surface area (TPSA) is 81.4 Å². The maximum absolute atomic E-state index is 12.3. The van der Waals surface area contributed by atoms with Gasteiger partial charge in [0.15, 0.2) is 0 Å². The van der Waals surface area contributed by atoms with E-state index >= 15 is 0 Å². The standard InChI is InChI=1S/C19H26N2O4S/c1-4-24-11-7-10-20-18(22)13-26(23)12-17-15(3)25-19(21-17)16-9-6-5-8-14(16)2/h5-6,8-9H,4,7,10-13H2,1-3H3,(H,20,22)/t26-/m1/s1. The van der Waals surface area contributed by atoms with E-state index in [9.17, 15) is 9.00 Å². The molecular formula is C19H26N2O4S. The SMILES string of the molecule is CCOCCCNC(=O)C[S@](=O)Cc1nc(-c2ccccc2C)oc1C. The van der Waals surface area contributed by atoms with Crippen LogP contribution in [-0.4, -0.2) is 40.6 Å². The predicted octanol–water partition coefficient (Wildman–Crippen LogP) is 2.75. The van der Waals surface area contributed by atoms with E-state index < -0.39 is 10.8 Å². The lowest BCUT2D eigenvalue weighted by molar-refractivity contribution is -0.118. The zero-order chi connectivity index (χ0) is 18.9. The second-order valence-electron chi connectivity index (χ2n) is 5.97. The molecule has 0 radical (unpaired) electrons. The molecule has 1 aromatic heterocycles. The Kier molecular flexibility index (Phi) is 8.00. The predicted molar refractivity (Wildman–Crippen MR) is 102 cm³/mol. The molecule has 0 aliphatic rings. The molecule has 1 amide bonds. The third-order valence-electron chi connectivity index (χ3n) is 3.85. The van der Waals surface area contributed by atoms with Crippen LogP contribution in [-0.2, 0) is 26.1 Å². The molecular weight excluding hydrogens is 352 g/mol. The molecule has 0 bridgehead atoms. The molecule has 0 aliphatic heterocycles. The fraction of sp³-hybridized carbons (Fsp3) is 0.474. The Morgan fingerprint density at radius 1 is 1.31 bits per heavy atom. The number of aromatic nitrogens is 1. The number of hydrogen-bond donors (Lipinski definition) is 1. The van der Waals surface area contributed by atoms with Crippen LogP contribution in [0.15, 0.2) is 28.7 Å². The molecule has 0 fully saturated rings. The van der Waals surface area contributed by atoms with Crippen LogP contribution in [0, 0.1) is 13.8 Å². The summed E-state index contributed by atoms with van der Waals surface area (Å²) in [5, 5.41) is 2.76.